The van der Waals surface area contributed by atoms with Gasteiger partial charge in [0.05, 0.1) is 23.0 Å². The van der Waals surface area contributed by atoms with Crippen LogP contribution in [-0.2, 0) is 6.42 Å². The standard InChI is InChI=1S/C28H30ClN5O2S/c1-3-5-7-19-8-12-21(13-9-19)34-32-25-17-23(29)24(18-26(25)33-34)30-28(37)31-27(35)20-10-14-22(15-11-20)36-16-6-4-2/h8-15,17-18H,3-7,16H2,1-2H3,(H2,30,31,35,37). The van der Waals surface area contributed by atoms with Crippen LogP contribution in [0.3, 0.4) is 0 Å². The van der Waals surface area contributed by atoms with E-state index in [2.05, 4.69) is 46.8 Å². The second-order valence-electron chi connectivity index (χ2n) is 8.71. The minimum Gasteiger partial charge on any atom is -0.494 e. The first-order valence-corrected chi connectivity index (χ1v) is 13.3. The summed E-state index contributed by atoms with van der Waals surface area (Å²) in [5.74, 6) is 0.398. The predicted molar refractivity (Wildman–Crippen MR) is 153 cm³/mol. The van der Waals surface area contributed by atoms with Crippen LogP contribution in [0.15, 0.2) is 60.7 Å². The Morgan fingerprint density at radius 1 is 0.973 bits per heavy atom. The molecule has 2 N–H and O–H groups in total. The molecule has 7 nitrogen and oxygen atoms in total. The van der Waals surface area contributed by atoms with Gasteiger partial charge in [0.15, 0.2) is 5.11 Å². The van der Waals surface area contributed by atoms with Gasteiger partial charge in [-0.3, -0.25) is 10.1 Å². The van der Waals surface area contributed by atoms with Crippen LogP contribution in [0.5, 0.6) is 5.75 Å². The van der Waals surface area contributed by atoms with Crippen molar-refractivity contribution < 1.29 is 9.53 Å². The molecule has 1 amide bonds. The number of anilines is 1. The molecule has 4 rings (SSSR count). The molecule has 0 aliphatic heterocycles. The summed E-state index contributed by atoms with van der Waals surface area (Å²) in [5, 5.41) is 15.4. The summed E-state index contributed by atoms with van der Waals surface area (Å²) < 4.78 is 5.64. The topological polar surface area (TPSA) is 81.1 Å². The quantitative estimate of drug-likeness (QED) is 0.173. The molecule has 37 heavy (non-hydrogen) atoms. The predicted octanol–water partition coefficient (Wildman–Crippen LogP) is 6.72. The zero-order valence-corrected chi connectivity index (χ0v) is 22.5. The van der Waals surface area contributed by atoms with E-state index in [0.29, 0.717) is 33.9 Å². The molecule has 9 heteroatoms. The number of benzene rings is 3. The van der Waals surface area contributed by atoms with E-state index in [1.165, 1.54) is 18.4 Å². The monoisotopic (exact) mass is 535 g/mol. The summed E-state index contributed by atoms with van der Waals surface area (Å²) in [6.45, 7) is 4.95. The molecule has 0 saturated heterocycles. The van der Waals surface area contributed by atoms with E-state index in [0.717, 1.165) is 30.7 Å². The van der Waals surface area contributed by atoms with E-state index in [-0.39, 0.29) is 11.0 Å². The van der Waals surface area contributed by atoms with E-state index in [1.54, 1.807) is 41.2 Å². The van der Waals surface area contributed by atoms with Gasteiger partial charge < -0.3 is 10.1 Å². The summed E-state index contributed by atoms with van der Waals surface area (Å²) in [4.78, 5) is 14.2. The number of aryl methyl sites for hydroxylation is 1. The lowest BCUT2D eigenvalue weighted by Gasteiger charge is -2.11. The van der Waals surface area contributed by atoms with Gasteiger partial charge in [-0.2, -0.15) is 4.80 Å². The largest absolute Gasteiger partial charge is 0.494 e. The van der Waals surface area contributed by atoms with Gasteiger partial charge in [-0.1, -0.05) is 50.4 Å². The molecule has 0 radical (unpaired) electrons. The maximum absolute atomic E-state index is 12.6. The number of aromatic nitrogens is 3. The van der Waals surface area contributed by atoms with Crippen LogP contribution in [0.2, 0.25) is 5.02 Å². The van der Waals surface area contributed by atoms with Crippen molar-refractivity contribution in [2.24, 2.45) is 0 Å². The number of fused-ring (bicyclic) bond motifs is 1. The van der Waals surface area contributed by atoms with Crippen LogP contribution < -0.4 is 15.4 Å². The Balaban J connectivity index is 1.40. The average Bonchev–Trinajstić information content (AvgIpc) is 3.31. The maximum atomic E-state index is 12.6. The lowest BCUT2D eigenvalue weighted by Crippen LogP contribution is -2.34. The van der Waals surface area contributed by atoms with E-state index in [4.69, 9.17) is 28.6 Å². The number of thiocarbonyl (C=S) groups is 1. The first kappa shape index (κ1) is 26.6. The van der Waals surface area contributed by atoms with Gasteiger partial charge in [0, 0.05) is 5.56 Å². The summed E-state index contributed by atoms with van der Waals surface area (Å²) in [7, 11) is 0. The van der Waals surface area contributed by atoms with Crippen LogP contribution in [0.25, 0.3) is 16.7 Å². The average molecular weight is 536 g/mol. The minimum atomic E-state index is -0.330. The van der Waals surface area contributed by atoms with Gasteiger partial charge >= 0.3 is 0 Å². The van der Waals surface area contributed by atoms with Gasteiger partial charge in [0.25, 0.3) is 5.91 Å². The smallest absolute Gasteiger partial charge is 0.257 e. The van der Waals surface area contributed by atoms with Crippen LogP contribution in [0.1, 0.15) is 55.5 Å². The Kier molecular flexibility index (Phi) is 9.09. The summed E-state index contributed by atoms with van der Waals surface area (Å²) in [5.41, 5.74) is 4.46. The van der Waals surface area contributed by atoms with Gasteiger partial charge in [0.2, 0.25) is 0 Å². The number of hydrogen-bond acceptors (Lipinski definition) is 5. The van der Waals surface area contributed by atoms with Crippen LogP contribution >= 0.6 is 23.8 Å². The molecule has 0 saturated carbocycles. The number of nitrogens with one attached hydrogen (secondary N) is 2. The van der Waals surface area contributed by atoms with Crippen molar-refractivity contribution in [2.45, 2.75) is 46.0 Å². The SMILES string of the molecule is CCCCOc1ccc(C(=O)NC(=S)Nc2cc3nn(-c4ccc(CCCC)cc4)nc3cc2Cl)cc1. The Morgan fingerprint density at radius 3 is 2.32 bits per heavy atom. The fourth-order valence-electron chi connectivity index (χ4n) is 3.69. The number of rotatable bonds is 10. The van der Waals surface area contributed by atoms with Crippen molar-refractivity contribution >= 4 is 51.6 Å². The lowest BCUT2D eigenvalue weighted by atomic mass is 10.1. The Bertz CT molecular complexity index is 1370. The highest BCUT2D eigenvalue weighted by atomic mass is 35.5. The summed E-state index contributed by atoms with van der Waals surface area (Å²) in [6, 6.07) is 18.7. The minimum absolute atomic E-state index is 0.129. The van der Waals surface area contributed by atoms with Gasteiger partial charge in [-0.05, 0) is 85.6 Å². The molecule has 0 spiro atoms. The second-order valence-corrected chi connectivity index (χ2v) is 9.53. The highest BCUT2D eigenvalue weighted by molar-refractivity contribution is 7.80. The van der Waals surface area contributed by atoms with Crippen LogP contribution in [0.4, 0.5) is 5.69 Å². The molecule has 0 aliphatic carbocycles. The van der Waals surface area contributed by atoms with E-state index in [1.807, 2.05) is 12.1 Å². The summed E-state index contributed by atoms with van der Waals surface area (Å²) in [6.07, 6.45) is 5.44. The van der Waals surface area contributed by atoms with Crippen LogP contribution in [-0.4, -0.2) is 32.6 Å². The first-order valence-electron chi connectivity index (χ1n) is 12.5. The van der Waals surface area contributed by atoms with Crippen molar-refractivity contribution in [3.63, 3.8) is 0 Å². The Labute approximate surface area is 227 Å². The molecule has 0 aliphatic rings. The normalized spacial score (nSPS) is 10.9. The number of hydrogen-bond donors (Lipinski definition) is 2. The van der Waals surface area contributed by atoms with Crippen molar-refractivity contribution in [2.75, 3.05) is 11.9 Å². The fourth-order valence-corrected chi connectivity index (χ4v) is 4.10. The number of amides is 1. The van der Waals surface area contributed by atoms with E-state index in [9.17, 15) is 4.79 Å². The molecule has 4 aromatic rings. The molecule has 1 aromatic heterocycles. The molecule has 192 valence electrons. The zero-order valence-electron chi connectivity index (χ0n) is 21.0. The fraction of sp³-hybridized carbons (Fsp3) is 0.286. The van der Waals surface area contributed by atoms with Gasteiger partial charge in [-0.25, -0.2) is 0 Å². The molecule has 0 atom stereocenters. The number of unbranched alkanes of at least 4 members (excludes halogenated alkanes) is 2. The third-order valence-corrected chi connectivity index (χ3v) is 6.33. The van der Waals surface area contributed by atoms with Crippen molar-refractivity contribution in [1.29, 1.82) is 0 Å². The van der Waals surface area contributed by atoms with E-state index >= 15 is 0 Å². The third kappa shape index (κ3) is 7.05. The van der Waals surface area contributed by atoms with Crippen LogP contribution in [0, 0.1) is 0 Å². The molecule has 0 unspecified atom stereocenters. The molecule has 0 fully saturated rings. The van der Waals surface area contributed by atoms with E-state index < -0.39 is 0 Å². The molecular formula is C28H30ClN5O2S. The highest BCUT2D eigenvalue weighted by Gasteiger charge is 2.13. The molecule has 1 heterocycles. The third-order valence-electron chi connectivity index (χ3n) is 5.81. The van der Waals surface area contributed by atoms with Crippen molar-refractivity contribution in [1.82, 2.24) is 20.3 Å². The van der Waals surface area contributed by atoms with Gasteiger partial charge in [-0.15, -0.1) is 10.2 Å². The number of ether oxygens (including phenoxy) is 1. The Morgan fingerprint density at radius 2 is 1.65 bits per heavy atom. The second kappa shape index (κ2) is 12.7. The van der Waals surface area contributed by atoms with Crippen molar-refractivity contribution in [3.8, 4) is 11.4 Å². The number of nitrogens with zero attached hydrogens (tertiary/aromatic N) is 3. The Hall–Kier alpha value is -3.49. The number of halogens is 1. The number of carbonyl (C=O) groups is 1. The summed E-state index contributed by atoms with van der Waals surface area (Å²) >= 11 is 11.8. The van der Waals surface area contributed by atoms with Crippen molar-refractivity contribution in [3.05, 3.63) is 76.8 Å². The first-order chi connectivity index (χ1) is 18.0. The lowest BCUT2D eigenvalue weighted by molar-refractivity contribution is 0.0977. The van der Waals surface area contributed by atoms with Gasteiger partial charge in [0.1, 0.15) is 16.8 Å². The zero-order chi connectivity index (χ0) is 26.2. The molecule has 3 aromatic carbocycles. The molecular weight excluding hydrogens is 506 g/mol. The maximum Gasteiger partial charge on any atom is 0.257 e. The number of carbonyl (C=O) groups excluding carboxylic acids is 1. The molecule has 0 bridgehead atoms. The highest BCUT2D eigenvalue weighted by Crippen LogP contribution is 2.27.